The highest BCUT2D eigenvalue weighted by Gasteiger charge is 2.15. The Kier molecular flexibility index (Phi) is 4.60. The minimum absolute atomic E-state index is 0.0868. The third-order valence-electron chi connectivity index (χ3n) is 2.84. The van der Waals surface area contributed by atoms with E-state index in [4.69, 9.17) is 11.6 Å². The van der Waals surface area contributed by atoms with Gasteiger partial charge < -0.3 is 5.32 Å². The maximum atomic E-state index is 13.6. The first-order chi connectivity index (χ1) is 9.43. The Bertz CT molecular complexity index is 647. The Morgan fingerprint density at radius 3 is 2.55 bits per heavy atom. The number of aromatic nitrogens is 2. The highest BCUT2D eigenvalue weighted by Crippen LogP contribution is 2.31. The first-order valence-electron chi connectivity index (χ1n) is 6.14. The molecule has 1 aromatic heterocycles. The monoisotopic (exact) mass is 357 g/mol. The number of halogens is 3. The molecule has 0 bridgehead atoms. The van der Waals surface area contributed by atoms with Crippen LogP contribution >= 0.6 is 27.5 Å². The van der Waals surface area contributed by atoms with Crippen LogP contribution in [0.1, 0.15) is 25.5 Å². The van der Waals surface area contributed by atoms with Gasteiger partial charge in [0, 0.05) is 12.6 Å². The number of rotatable bonds is 3. The fourth-order valence-corrected chi connectivity index (χ4v) is 2.73. The summed E-state index contributed by atoms with van der Waals surface area (Å²) in [5.74, 6) is 0.883. The van der Waals surface area contributed by atoms with E-state index in [1.807, 2.05) is 13.8 Å². The predicted molar refractivity (Wildman–Crippen MR) is 83.8 cm³/mol. The number of nitrogens with one attached hydrogen (secondary N) is 1. The molecular formula is C14H14BrClFN3. The van der Waals surface area contributed by atoms with Crippen LogP contribution in [0.4, 0.5) is 10.2 Å². The number of nitrogens with zero attached hydrogens (tertiary/aromatic N) is 2. The first-order valence-corrected chi connectivity index (χ1v) is 7.31. The summed E-state index contributed by atoms with van der Waals surface area (Å²) in [6.45, 7) is 4.08. The quantitative estimate of drug-likeness (QED) is 0.851. The fraction of sp³-hybridized carbons (Fsp3) is 0.286. The van der Waals surface area contributed by atoms with E-state index in [9.17, 15) is 4.39 Å². The van der Waals surface area contributed by atoms with Crippen molar-refractivity contribution in [3.8, 4) is 11.4 Å². The molecule has 2 aromatic rings. The normalized spacial score (nSPS) is 10.9. The van der Waals surface area contributed by atoms with E-state index in [0.29, 0.717) is 17.2 Å². The largest absolute Gasteiger partial charge is 0.372 e. The molecule has 1 aromatic carbocycles. The highest BCUT2D eigenvalue weighted by atomic mass is 79.9. The molecule has 0 spiro atoms. The molecule has 106 valence electrons. The molecule has 3 nitrogen and oxygen atoms in total. The van der Waals surface area contributed by atoms with Crippen LogP contribution in [-0.2, 0) is 0 Å². The van der Waals surface area contributed by atoms with Crippen molar-refractivity contribution in [3.63, 3.8) is 0 Å². The first kappa shape index (κ1) is 15.2. The van der Waals surface area contributed by atoms with E-state index in [-0.39, 0.29) is 10.9 Å². The van der Waals surface area contributed by atoms with Crippen molar-refractivity contribution < 1.29 is 4.39 Å². The lowest BCUT2D eigenvalue weighted by Crippen LogP contribution is -2.04. The highest BCUT2D eigenvalue weighted by molar-refractivity contribution is 9.10. The molecule has 0 saturated heterocycles. The standard InChI is InChI=1S/C14H14BrClFN3/c1-7(2)12-11(15)14(18-3)20-13(19-12)8-4-5-9(16)10(17)6-8/h4-7H,1-3H3,(H,18,19,20). The second kappa shape index (κ2) is 6.06. The lowest BCUT2D eigenvalue weighted by atomic mass is 10.1. The smallest absolute Gasteiger partial charge is 0.161 e. The minimum Gasteiger partial charge on any atom is -0.372 e. The van der Waals surface area contributed by atoms with Gasteiger partial charge in [0.1, 0.15) is 11.6 Å². The van der Waals surface area contributed by atoms with Crippen molar-refractivity contribution in [2.24, 2.45) is 0 Å². The van der Waals surface area contributed by atoms with Gasteiger partial charge in [-0.25, -0.2) is 14.4 Å². The van der Waals surface area contributed by atoms with Crippen molar-refractivity contribution >= 4 is 33.3 Å². The Morgan fingerprint density at radius 1 is 1.30 bits per heavy atom. The Balaban J connectivity index is 2.61. The zero-order valence-corrected chi connectivity index (χ0v) is 13.7. The van der Waals surface area contributed by atoms with E-state index in [1.165, 1.54) is 12.1 Å². The zero-order valence-electron chi connectivity index (χ0n) is 11.3. The molecular weight excluding hydrogens is 345 g/mol. The molecule has 2 rings (SSSR count). The van der Waals surface area contributed by atoms with Crippen molar-refractivity contribution in [2.45, 2.75) is 19.8 Å². The van der Waals surface area contributed by atoms with Crippen LogP contribution < -0.4 is 5.32 Å². The second-order valence-corrected chi connectivity index (χ2v) is 5.83. The molecule has 0 fully saturated rings. The van der Waals surface area contributed by atoms with Crippen LogP contribution in [-0.4, -0.2) is 17.0 Å². The van der Waals surface area contributed by atoms with Gasteiger partial charge in [-0.2, -0.15) is 0 Å². The average Bonchev–Trinajstić information content (AvgIpc) is 2.42. The van der Waals surface area contributed by atoms with Gasteiger partial charge in [-0.1, -0.05) is 25.4 Å². The summed E-state index contributed by atoms with van der Waals surface area (Å²) in [5, 5.41) is 3.10. The summed E-state index contributed by atoms with van der Waals surface area (Å²) in [6.07, 6.45) is 0. The van der Waals surface area contributed by atoms with E-state index in [1.54, 1.807) is 13.1 Å². The molecule has 0 radical (unpaired) electrons. The molecule has 1 N–H and O–H groups in total. The summed E-state index contributed by atoms with van der Waals surface area (Å²) in [4.78, 5) is 8.91. The van der Waals surface area contributed by atoms with Crippen LogP contribution in [0.25, 0.3) is 11.4 Å². The third kappa shape index (κ3) is 2.94. The number of benzene rings is 1. The number of anilines is 1. The molecule has 0 unspecified atom stereocenters. The van der Waals surface area contributed by atoms with Crippen LogP contribution in [0, 0.1) is 5.82 Å². The lowest BCUT2D eigenvalue weighted by Gasteiger charge is -2.13. The second-order valence-electron chi connectivity index (χ2n) is 4.63. The van der Waals surface area contributed by atoms with Crippen molar-refractivity contribution in [2.75, 3.05) is 12.4 Å². The summed E-state index contributed by atoms with van der Waals surface area (Å²) >= 11 is 9.19. The van der Waals surface area contributed by atoms with Crippen LogP contribution in [0.15, 0.2) is 22.7 Å². The molecule has 0 aliphatic rings. The Labute approximate surface area is 130 Å². The Morgan fingerprint density at radius 2 is 2.00 bits per heavy atom. The van der Waals surface area contributed by atoms with E-state index >= 15 is 0 Å². The molecule has 0 saturated carbocycles. The molecule has 0 aliphatic heterocycles. The third-order valence-corrected chi connectivity index (χ3v) is 3.93. The number of hydrogen-bond acceptors (Lipinski definition) is 3. The summed E-state index contributed by atoms with van der Waals surface area (Å²) in [5.41, 5.74) is 1.47. The van der Waals surface area contributed by atoms with Crippen LogP contribution in [0.5, 0.6) is 0 Å². The topological polar surface area (TPSA) is 37.8 Å². The fourth-order valence-electron chi connectivity index (χ4n) is 1.78. The predicted octanol–water partition coefficient (Wildman–Crippen LogP) is 4.86. The SMILES string of the molecule is CNc1nc(-c2ccc(Cl)c(F)c2)nc(C(C)C)c1Br. The maximum absolute atomic E-state index is 13.6. The molecule has 0 amide bonds. The lowest BCUT2D eigenvalue weighted by molar-refractivity contribution is 0.628. The van der Waals surface area contributed by atoms with Gasteiger partial charge in [-0.15, -0.1) is 0 Å². The van der Waals surface area contributed by atoms with Gasteiger partial charge in [-0.05, 0) is 40.0 Å². The van der Waals surface area contributed by atoms with Crippen molar-refractivity contribution in [3.05, 3.63) is 39.2 Å². The van der Waals surface area contributed by atoms with Gasteiger partial charge >= 0.3 is 0 Å². The van der Waals surface area contributed by atoms with E-state index in [0.717, 1.165) is 10.2 Å². The molecule has 0 aliphatic carbocycles. The number of hydrogen-bond donors (Lipinski definition) is 1. The van der Waals surface area contributed by atoms with Crippen molar-refractivity contribution in [1.82, 2.24) is 9.97 Å². The Hall–Kier alpha value is -1.20. The van der Waals surface area contributed by atoms with Crippen molar-refractivity contribution in [1.29, 1.82) is 0 Å². The van der Waals surface area contributed by atoms with Gasteiger partial charge in [0.2, 0.25) is 0 Å². The summed E-state index contributed by atoms with van der Waals surface area (Å²) in [7, 11) is 1.78. The average molecular weight is 359 g/mol. The van der Waals surface area contributed by atoms with Gasteiger partial charge in [-0.3, -0.25) is 0 Å². The van der Waals surface area contributed by atoms with Gasteiger partial charge in [0.15, 0.2) is 5.82 Å². The van der Waals surface area contributed by atoms with Crippen LogP contribution in [0.2, 0.25) is 5.02 Å². The molecule has 6 heteroatoms. The minimum atomic E-state index is -0.479. The molecule has 20 heavy (non-hydrogen) atoms. The van der Waals surface area contributed by atoms with E-state index < -0.39 is 5.82 Å². The summed E-state index contributed by atoms with van der Waals surface area (Å²) in [6, 6.07) is 4.55. The molecule has 0 atom stereocenters. The molecule has 1 heterocycles. The van der Waals surface area contributed by atoms with Gasteiger partial charge in [0.05, 0.1) is 15.2 Å². The van der Waals surface area contributed by atoms with Crippen LogP contribution in [0.3, 0.4) is 0 Å². The van der Waals surface area contributed by atoms with E-state index in [2.05, 4.69) is 31.2 Å². The summed E-state index contributed by atoms with van der Waals surface area (Å²) < 4.78 is 14.4. The zero-order chi connectivity index (χ0) is 14.9. The maximum Gasteiger partial charge on any atom is 0.161 e. The van der Waals surface area contributed by atoms with Gasteiger partial charge in [0.25, 0.3) is 0 Å².